The molecule has 7 nitrogen and oxygen atoms in total. The van der Waals surface area contributed by atoms with Crippen molar-refractivity contribution in [2.75, 3.05) is 12.8 Å². The average Bonchev–Trinajstić information content (AvgIpc) is 3.18. The Morgan fingerprint density at radius 2 is 1.83 bits per heavy atom. The number of aromatic nitrogens is 4. The topological polar surface area (TPSA) is 101 Å². The van der Waals surface area contributed by atoms with Crippen LogP contribution in [0.4, 0.5) is 5.95 Å². The summed E-state index contributed by atoms with van der Waals surface area (Å²) in [6.07, 6.45) is 3.17. The molecule has 3 aromatic rings. The first-order valence-corrected chi connectivity index (χ1v) is 9.22. The molecule has 0 aliphatic rings. The number of rotatable bonds is 3. The van der Waals surface area contributed by atoms with Crippen molar-refractivity contribution in [3.05, 3.63) is 70.8 Å². The third kappa shape index (κ3) is 5.20. The van der Waals surface area contributed by atoms with Gasteiger partial charge in [-0.15, -0.1) is 0 Å². The van der Waals surface area contributed by atoms with Crippen LogP contribution in [0.2, 0.25) is 0 Å². The van der Waals surface area contributed by atoms with Crippen LogP contribution < -0.4 is 5.73 Å². The molecule has 2 aromatic heterocycles. The van der Waals surface area contributed by atoms with Gasteiger partial charge in [0.2, 0.25) is 5.95 Å². The van der Waals surface area contributed by atoms with Gasteiger partial charge in [0.15, 0.2) is 0 Å². The molecule has 0 spiro atoms. The summed E-state index contributed by atoms with van der Waals surface area (Å²) in [4.78, 5) is 22.2. The number of hydrogen-bond donors (Lipinski definition) is 2. The van der Waals surface area contributed by atoms with Crippen molar-refractivity contribution < 1.29 is 4.79 Å². The molecule has 3 rings (SSSR count). The molecule has 0 saturated carbocycles. The van der Waals surface area contributed by atoms with Crippen LogP contribution in [0.1, 0.15) is 53.6 Å². The number of carbonyl (C=O) groups is 1. The highest BCUT2D eigenvalue weighted by Crippen LogP contribution is 2.21. The summed E-state index contributed by atoms with van der Waals surface area (Å²) in [6, 6.07) is 9.57. The second kappa shape index (κ2) is 8.15. The zero-order chi connectivity index (χ0) is 21.0. The van der Waals surface area contributed by atoms with E-state index in [2.05, 4.69) is 52.8 Å². The van der Waals surface area contributed by atoms with Crippen molar-refractivity contribution in [3.8, 4) is 11.8 Å². The number of nitrogens with zero attached hydrogens (tertiary/aromatic N) is 4. The number of nitrogens with one attached hydrogen (secondary N) is 1. The summed E-state index contributed by atoms with van der Waals surface area (Å²) in [5.74, 6) is 6.18. The molecule has 0 unspecified atom stereocenters. The van der Waals surface area contributed by atoms with Crippen LogP contribution in [0, 0.1) is 11.8 Å². The summed E-state index contributed by atoms with van der Waals surface area (Å²) in [5, 5.41) is 7.13. The molecule has 0 atom stereocenters. The number of benzene rings is 1. The number of anilines is 1. The fourth-order valence-corrected chi connectivity index (χ4v) is 2.65. The molecule has 7 heteroatoms. The highest BCUT2D eigenvalue weighted by atomic mass is 16.2. The fraction of sp³-hybridized carbons (Fsp3) is 0.273. The third-order valence-corrected chi connectivity index (χ3v) is 4.32. The summed E-state index contributed by atoms with van der Waals surface area (Å²) in [7, 11) is 1.76. The standard InChI is InChI=1S/C22H24N6O/c1-22(2,3)19-11-18(26-27-19)20(29)28(4)14-16-7-5-6-15(10-16)8-9-17-12-24-21(23)25-13-17/h5-7,10-13H,14H2,1-4H3,(H,26,27)(H2,23,24,25). The van der Waals surface area contributed by atoms with Crippen molar-refractivity contribution in [2.24, 2.45) is 0 Å². The van der Waals surface area contributed by atoms with Crippen LogP contribution in [-0.2, 0) is 12.0 Å². The lowest BCUT2D eigenvalue weighted by Crippen LogP contribution is -2.26. The van der Waals surface area contributed by atoms with Gasteiger partial charge >= 0.3 is 0 Å². The van der Waals surface area contributed by atoms with Gasteiger partial charge in [-0.25, -0.2) is 9.97 Å². The first kappa shape index (κ1) is 20.1. The number of amides is 1. The monoisotopic (exact) mass is 388 g/mol. The molecular weight excluding hydrogens is 364 g/mol. The molecule has 0 aliphatic carbocycles. The molecule has 148 valence electrons. The van der Waals surface area contributed by atoms with Crippen molar-refractivity contribution in [2.45, 2.75) is 32.7 Å². The van der Waals surface area contributed by atoms with E-state index < -0.39 is 0 Å². The van der Waals surface area contributed by atoms with Crippen LogP contribution in [0.3, 0.4) is 0 Å². The van der Waals surface area contributed by atoms with Gasteiger partial charge in [0.1, 0.15) is 5.69 Å². The smallest absolute Gasteiger partial charge is 0.274 e. The maximum absolute atomic E-state index is 12.7. The van der Waals surface area contributed by atoms with Crippen molar-refractivity contribution in [1.29, 1.82) is 0 Å². The van der Waals surface area contributed by atoms with E-state index in [4.69, 9.17) is 5.73 Å². The number of hydrogen-bond acceptors (Lipinski definition) is 5. The van der Waals surface area contributed by atoms with Crippen LogP contribution in [0.5, 0.6) is 0 Å². The van der Waals surface area contributed by atoms with E-state index in [1.54, 1.807) is 24.3 Å². The minimum atomic E-state index is -0.132. The molecule has 29 heavy (non-hydrogen) atoms. The van der Waals surface area contributed by atoms with Gasteiger partial charge in [0, 0.05) is 42.7 Å². The van der Waals surface area contributed by atoms with Gasteiger partial charge in [-0.3, -0.25) is 9.89 Å². The lowest BCUT2D eigenvalue weighted by atomic mass is 9.92. The lowest BCUT2D eigenvalue weighted by molar-refractivity contribution is 0.0779. The van der Waals surface area contributed by atoms with E-state index in [0.717, 1.165) is 16.8 Å². The third-order valence-electron chi connectivity index (χ3n) is 4.32. The normalized spacial score (nSPS) is 10.9. The first-order chi connectivity index (χ1) is 13.7. The summed E-state index contributed by atoms with van der Waals surface area (Å²) >= 11 is 0. The van der Waals surface area contributed by atoms with Crippen LogP contribution >= 0.6 is 0 Å². The van der Waals surface area contributed by atoms with Crippen molar-refractivity contribution in [1.82, 2.24) is 25.1 Å². The highest BCUT2D eigenvalue weighted by molar-refractivity contribution is 5.92. The number of aromatic amines is 1. The largest absolute Gasteiger partial charge is 0.368 e. The van der Waals surface area contributed by atoms with Gasteiger partial charge in [-0.05, 0) is 23.8 Å². The second-order valence-electron chi connectivity index (χ2n) is 7.86. The van der Waals surface area contributed by atoms with Crippen LogP contribution in [0.25, 0.3) is 0 Å². The summed E-state index contributed by atoms with van der Waals surface area (Å²) < 4.78 is 0. The number of nitrogen functional groups attached to an aromatic ring is 1. The SMILES string of the molecule is CN(Cc1cccc(C#Cc2cnc(N)nc2)c1)C(=O)c1cc(C(C)(C)C)[nH]n1. The van der Waals surface area contributed by atoms with E-state index in [1.165, 1.54) is 0 Å². The van der Waals surface area contributed by atoms with Gasteiger partial charge in [0.05, 0.1) is 5.56 Å². The van der Waals surface area contributed by atoms with Gasteiger partial charge in [-0.1, -0.05) is 44.7 Å². The molecule has 1 aromatic carbocycles. The number of nitrogens with two attached hydrogens (primary N) is 1. The molecule has 2 heterocycles. The zero-order valence-electron chi connectivity index (χ0n) is 17.0. The fourth-order valence-electron chi connectivity index (χ4n) is 2.65. The van der Waals surface area contributed by atoms with Gasteiger partial charge in [0.25, 0.3) is 5.91 Å². The molecule has 0 radical (unpaired) electrons. The van der Waals surface area contributed by atoms with Gasteiger partial charge < -0.3 is 10.6 Å². The van der Waals surface area contributed by atoms with Gasteiger partial charge in [-0.2, -0.15) is 5.10 Å². The molecule has 0 fully saturated rings. The summed E-state index contributed by atoms with van der Waals surface area (Å²) in [5.41, 5.74) is 9.24. The number of carbonyl (C=O) groups excluding carboxylic acids is 1. The zero-order valence-corrected chi connectivity index (χ0v) is 17.0. The maximum atomic E-state index is 12.7. The van der Waals surface area contributed by atoms with Crippen molar-refractivity contribution >= 4 is 11.9 Å². The Bertz CT molecular complexity index is 1070. The van der Waals surface area contributed by atoms with Crippen LogP contribution in [0.15, 0.2) is 42.7 Å². The van der Waals surface area contributed by atoms with E-state index in [9.17, 15) is 4.79 Å². The Kier molecular flexibility index (Phi) is 5.64. The first-order valence-electron chi connectivity index (χ1n) is 9.22. The Hall–Kier alpha value is -3.66. The molecule has 3 N–H and O–H groups in total. The minimum absolute atomic E-state index is 0.0907. The summed E-state index contributed by atoms with van der Waals surface area (Å²) in [6.45, 7) is 6.67. The van der Waals surface area contributed by atoms with E-state index in [0.29, 0.717) is 17.8 Å². The highest BCUT2D eigenvalue weighted by Gasteiger charge is 2.21. The predicted octanol–water partition coefficient (Wildman–Crippen LogP) is 2.75. The molecule has 0 bridgehead atoms. The Balaban J connectivity index is 1.70. The van der Waals surface area contributed by atoms with E-state index >= 15 is 0 Å². The second-order valence-corrected chi connectivity index (χ2v) is 7.86. The maximum Gasteiger partial charge on any atom is 0.274 e. The average molecular weight is 388 g/mol. The Labute approximate surface area is 170 Å². The molecule has 0 saturated heterocycles. The van der Waals surface area contributed by atoms with E-state index in [1.807, 2.05) is 30.3 Å². The predicted molar refractivity (Wildman–Crippen MR) is 112 cm³/mol. The number of H-pyrrole nitrogens is 1. The van der Waals surface area contributed by atoms with Crippen LogP contribution in [-0.4, -0.2) is 38.0 Å². The molecule has 0 aliphatic heterocycles. The Morgan fingerprint density at radius 1 is 1.14 bits per heavy atom. The lowest BCUT2D eigenvalue weighted by Gasteiger charge is -2.16. The van der Waals surface area contributed by atoms with Crippen molar-refractivity contribution in [3.63, 3.8) is 0 Å². The Morgan fingerprint density at radius 3 is 2.48 bits per heavy atom. The molecule has 1 amide bonds. The minimum Gasteiger partial charge on any atom is -0.368 e. The van der Waals surface area contributed by atoms with E-state index in [-0.39, 0.29) is 17.3 Å². The quantitative estimate of drug-likeness (QED) is 0.672. The molecular formula is C22H24N6O.